The zero-order valence-corrected chi connectivity index (χ0v) is 13.7. The molecule has 2 amide bonds. The number of carbonyl (C=O) groups is 1. The number of urea groups is 1. The van der Waals surface area contributed by atoms with Crippen LogP contribution >= 0.6 is 0 Å². The number of hydrogen-bond donors (Lipinski definition) is 1. The van der Waals surface area contributed by atoms with E-state index in [1.54, 1.807) is 23.4 Å². The lowest BCUT2D eigenvalue weighted by Gasteiger charge is -2.31. The zero-order chi connectivity index (χ0) is 18.6. The maximum atomic E-state index is 12.7. The number of benzene rings is 1. The minimum atomic E-state index is -4.45. The summed E-state index contributed by atoms with van der Waals surface area (Å²) >= 11 is 0. The highest BCUT2D eigenvalue weighted by atomic mass is 19.4. The van der Waals surface area contributed by atoms with Gasteiger partial charge in [0.25, 0.3) is 0 Å². The lowest BCUT2D eigenvalue weighted by atomic mass is 10.1. The molecule has 1 aromatic carbocycles. The molecule has 1 fully saturated rings. The number of aromatic nitrogens is 2. The molecule has 1 aromatic heterocycles. The molecule has 0 unspecified atom stereocenters. The summed E-state index contributed by atoms with van der Waals surface area (Å²) < 4.78 is 43.9. The van der Waals surface area contributed by atoms with Gasteiger partial charge in [0.2, 0.25) is 0 Å². The fourth-order valence-corrected chi connectivity index (χ4v) is 2.65. The van der Waals surface area contributed by atoms with Crippen LogP contribution in [0.1, 0.15) is 18.4 Å². The molecule has 0 atom stereocenters. The third-order valence-corrected chi connectivity index (χ3v) is 3.98. The van der Waals surface area contributed by atoms with Gasteiger partial charge in [-0.25, -0.2) is 14.8 Å². The summed E-state index contributed by atoms with van der Waals surface area (Å²) in [7, 11) is 0. The van der Waals surface area contributed by atoms with Gasteiger partial charge >= 0.3 is 18.2 Å². The first-order valence-corrected chi connectivity index (χ1v) is 8.09. The molecule has 0 saturated carbocycles. The lowest BCUT2D eigenvalue weighted by Crippen LogP contribution is -2.43. The molecule has 9 heteroatoms. The van der Waals surface area contributed by atoms with Crippen molar-refractivity contribution in [3.8, 4) is 6.01 Å². The lowest BCUT2D eigenvalue weighted by molar-refractivity contribution is -0.137. The van der Waals surface area contributed by atoms with Crippen LogP contribution in [0.5, 0.6) is 6.01 Å². The summed E-state index contributed by atoms with van der Waals surface area (Å²) in [5.74, 6) is 0. The Balaban J connectivity index is 1.52. The number of rotatable bonds is 3. The smallest absolute Gasteiger partial charge is 0.416 e. The van der Waals surface area contributed by atoms with E-state index in [4.69, 9.17) is 4.74 Å². The second-order valence-corrected chi connectivity index (χ2v) is 5.84. The molecule has 138 valence electrons. The maximum absolute atomic E-state index is 12.7. The minimum absolute atomic E-state index is 0.102. The third-order valence-electron chi connectivity index (χ3n) is 3.98. The van der Waals surface area contributed by atoms with Gasteiger partial charge in [0, 0.05) is 44.0 Å². The van der Waals surface area contributed by atoms with E-state index in [9.17, 15) is 18.0 Å². The van der Waals surface area contributed by atoms with Crippen LogP contribution in [0.15, 0.2) is 42.7 Å². The van der Waals surface area contributed by atoms with Crippen LogP contribution < -0.4 is 10.1 Å². The molecule has 1 aliphatic heterocycles. The van der Waals surface area contributed by atoms with E-state index in [1.807, 2.05) is 0 Å². The van der Waals surface area contributed by atoms with Gasteiger partial charge in [0.05, 0.1) is 5.56 Å². The van der Waals surface area contributed by atoms with E-state index in [1.165, 1.54) is 12.1 Å². The van der Waals surface area contributed by atoms with Crippen LogP contribution in [0.2, 0.25) is 0 Å². The third kappa shape index (κ3) is 4.62. The molecule has 3 rings (SSSR count). The fraction of sp³-hybridized carbons (Fsp3) is 0.353. The van der Waals surface area contributed by atoms with Gasteiger partial charge in [-0.3, -0.25) is 0 Å². The molecular formula is C17H17F3N4O2. The molecule has 2 aromatic rings. The zero-order valence-electron chi connectivity index (χ0n) is 13.7. The predicted molar refractivity (Wildman–Crippen MR) is 87.7 cm³/mol. The molecule has 1 N–H and O–H groups in total. The van der Waals surface area contributed by atoms with Gasteiger partial charge in [0.15, 0.2) is 0 Å². The average Bonchev–Trinajstić information content (AvgIpc) is 2.63. The first-order chi connectivity index (χ1) is 12.4. The monoisotopic (exact) mass is 366 g/mol. The summed E-state index contributed by atoms with van der Waals surface area (Å²) in [5, 5.41) is 2.51. The van der Waals surface area contributed by atoms with Crippen molar-refractivity contribution in [1.29, 1.82) is 0 Å². The Morgan fingerprint density at radius 3 is 2.50 bits per heavy atom. The van der Waals surface area contributed by atoms with Gasteiger partial charge in [-0.05, 0) is 24.3 Å². The van der Waals surface area contributed by atoms with Crippen LogP contribution in [0.3, 0.4) is 0 Å². The molecule has 2 heterocycles. The van der Waals surface area contributed by atoms with E-state index in [0.717, 1.165) is 12.1 Å². The van der Waals surface area contributed by atoms with Crippen molar-refractivity contribution in [2.75, 3.05) is 18.4 Å². The summed E-state index contributed by atoms with van der Waals surface area (Å²) in [4.78, 5) is 21.8. The quantitative estimate of drug-likeness (QED) is 0.902. The first-order valence-electron chi connectivity index (χ1n) is 8.09. The molecule has 1 saturated heterocycles. The van der Waals surface area contributed by atoms with Gasteiger partial charge in [0.1, 0.15) is 6.10 Å². The van der Waals surface area contributed by atoms with Crippen molar-refractivity contribution in [2.24, 2.45) is 0 Å². The van der Waals surface area contributed by atoms with Crippen LogP contribution in [0.4, 0.5) is 23.7 Å². The SMILES string of the molecule is O=C(Nc1cccc(C(F)(F)F)c1)N1CCC(Oc2ncccn2)CC1. The van der Waals surface area contributed by atoms with Crippen LogP contribution in [-0.4, -0.2) is 40.1 Å². The second kappa shape index (κ2) is 7.59. The highest BCUT2D eigenvalue weighted by molar-refractivity contribution is 5.89. The number of likely N-dealkylation sites (tertiary alicyclic amines) is 1. The Bertz CT molecular complexity index is 747. The Morgan fingerprint density at radius 2 is 1.85 bits per heavy atom. The van der Waals surface area contributed by atoms with Gasteiger partial charge in [-0.1, -0.05) is 6.07 Å². The van der Waals surface area contributed by atoms with Crippen molar-refractivity contribution >= 4 is 11.7 Å². The van der Waals surface area contributed by atoms with E-state index < -0.39 is 17.8 Å². The second-order valence-electron chi connectivity index (χ2n) is 5.84. The Morgan fingerprint density at radius 1 is 1.15 bits per heavy atom. The summed E-state index contributed by atoms with van der Waals surface area (Å²) in [6.07, 6.45) is -0.201. The Labute approximate surface area is 148 Å². The largest absolute Gasteiger partial charge is 0.460 e. The minimum Gasteiger partial charge on any atom is -0.460 e. The topological polar surface area (TPSA) is 67.4 Å². The number of hydrogen-bond acceptors (Lipinski definition) is 4. The van der Waals surface area contributed by atoms with E-state index in [2.05, 4.69) is 15.3 Å². The van der Waals surface area contributed by atoms with Crippen molar-refractivity contribution < 1.29 is 22.7 Å². The number of anilines is 1. The molecule has 26 heavy (non-hydrogen) atoms. The Hall–Kier alpha value is -2.84. The number of nitrogens with one attached hydrogen (secondary N) is 1. The maximum Gasteiger partial charge on any atom is 0.416 e. The molecular weight excluding hydrogens is 349 g/mol. The normalized spacial score (nSPS) is 15.6. The van der Waals surface area contributed by atoms with E-state index >= 15 is 0 Å². The summed E-state index contributed by atoms with van der Waals surface area (Å²) in [6.45, 7) is 0.866. The Kier molecular flexibility index (Phi) is 5.24. The average molecular weight is 366 g/mol. The van der Waals surface area contributed by atoms with Crippen molar-refractivity contribution in [3.05, 3.63) is 48.3 Å². The van der Waals surface area contributed by atoms with Crippen LogP contribution in [-0.2, 0) is 6.18 Å². The number of halogens is 3. The van der Waals surface area contributed by atoms with Crippen molar-refractivity contribution in [1.82, 2.24) is 14.9 Å². The standard InChI is InChI=1S/C17H17F3N4O2/c18-17(19,20)12-3-1-4-13(11-12)23-16(25)24-9-5-14(6-10-24)26-15-21-7-2-8-22-15/h1-4,7-8,11,14H,5-6,9-10H2,(H,23,25). The molecule has 0 spiro atoms. The van der Waals surface area contributed by atoms with E-state index in [0.29, 0.717) is 31.9 Å². The van der Waals surface area contributed by atoms with E-state index in [-0.39, 0.29) is 11.8 Å². The van der Waals surface area contributed by atoms with Crippen molar-refractivity contribution in [3.63, 3.8) is 0 Å². The van der Waals surface area contributed by atoms with Gasteiger partial charge in [-0.15, -0.1) is 0 Å². The van der Waals surface area contributed by atoms with Crippen molar-refractivity contribution in [2.45, 2.75) is 25.1 Å². The highest BCUT2D eigenvalue weighted by Crippen LogP contribution is 2.30. The summed E-state index contributed by atoms with van der Waals surface area (Å²) in [5.41, 5.74) is -0.689. The molecule has 1 aliphatic rings. The number of carbonyl (C=O) groups excluding carboxylic acids is 1. The molecule has 6 nitrogen and oxygen atoms in total. The number of piperidine rings is 1. The molecule has 0 aliphatic carbocycles. The number of amides is 2. The van der Waals surface area contributed by atoms with Crippen LogP contribution in [0.25, 0.3) is 0 Å². The first kappa shape index (κ1) is 18.0. The number of alkyl halides is 3. The number of nitrogens with zero attached hydrogens (tertiary/aromatic N) is 3. The fourth-order valence-electron chi connectivity index (χ4n) is 2.65. The number of ether oxygens (including phenoxy) is 1. The predicted octanol–water partition coefficient (Wildman–Crippen LogP) is 3.57. The summed E-state index contributed by atoms with van der Waals surface area (Å²) in [6, 6.07) is 6.12. The highest BCUT2D eigenvalue weighted by Gasteiger charge is 2.31. The van der Waals surface area contributed by atoms with Gasteiger partial charge < -0.3 is 15.0 Å². The molecule has 0 bridgehead atoms. The van der Waals surface area contributed by atoms with Gasteiger partial charge in [-0.2, -0.15) is 13.2 Å². The molecule has 0 radical (unpaired) electrons. The van der Waals surface area contributed by atoms with Crippen LogP contribution in [0, 0.1) is 0 Å².